The highest BCUT2D eigenvalue weighted by Gasteiger charge is 2.20. The van der Waals surface area contributed by atoms with E-state index in [1.807, 2.05) is 42.5 Å². The number of carbonyl (C=O) groups is 2. The van der Waals surface area contributed by atoms with Crippen LogP contribution in [0.2, 0.25) is 10.0 Å². The van der Waals surface area contributed by atoms with Crippen LogP contribution in [0.5, 0.6) is 0 Å². The molecule has 170 valence electrons. The zero-order chi connectivity index (χ0) is 23.2. The molecular formula is C26H25Cl2N3O2. The highest BCUT2D eigenvalue weighted by molar-refractivity contribution is 6.35. The lowest BCUT2D eigenvalue weighted by Gasteiger charge is -2.22. The van der Waals surface area contributed by atoms with E-state index in [2.05, 4.69) is 15.5 Å². The second-order valence-corrected chi connectivity index (χ2v) is 8.90. The first-order chi connectivity index (χ1) is 16.0. The monoisotopic (exact) mass is 481 g/mol. The number of nitrogens with one attached hydrogen (secondary N) is 2. The number of benzene rings is 3. The predicted molar refractivity (Wildman–Crippen MR) is 135 cm³/mol. The Bertz CT molecular complexity index is 1130. The van der Waals surface area contributed by atoms with Crippen LogP contribution >= 0.6 is 23.2 Å². The Morgan fingerprint density at radius 3 is 2.24 bits per heavy atom. The Morgan fingerprint density at radius 2 is 1.55 bits per heavy atom. The van der Waals surface area contributed by atoms with E-state index in [1.54, 1.807) is 24.3 Å². The van der Waals surface area contributed by atoms with Crippen LogP contribution in [-0.2, 0) is 6.42 Å². The van der Waals surface area contributed by atoms with E-state index in [-0.39, 0.29) is 11.8 Å². The quantitative estimate of drug-likeness (QED) is 0.446. The normalized spacial score (nSPS) is 13.1. The van der Waals surface area contributed by atoms with Crippen molar-refractivity contribution in [2.45, 2.75) is 19.3 Å². The van der Waals surface area contributed by atoms with Gasteiger partial charge in [-0.3, -0.25) is 9.59 Å². The summed E-state index contributed by atoms with van der Waals surface area (Å²) in [5.74, 6) is -0.501. The molecule has 33 heavy (non-hydrogen) atoms. The zero-order valence-corrected chi connectivity index (χ0v) is 19.6. The lowest BCUT2D eigenvalue weighted by Crippen LogP contribution is -2.29. The van der Waals surface area contributed by atoms with Crippen molar-refractivity contribution in [1.29, 1.82) is 0 Å². The van der Waals surface area contributed by atoms with Crippen molar-refractivity contribution in [1.82, 2.24) is 5.32 Å². The molecule has 3 aromatic carbocycles. The van der Waals surface area contributed by atoms with E-state index in [9.17, 15) is 9.59 Å². The second kappa shape index (κ2) is 10.7. The molecule has 3 aromatic rings. The fourth-order valence-electron chi connectivity index (χ4n) is 3.98. The van der Waals surface area contributed by atoms with Crippen LogP contribution in [0.1, 0.15) is 39.1 Å². The van der Waals surface area contributed by atoms with Gasteiger partial charge >= 0.3 is 0 Å². The number of nitrogens with zero attached hydrogens (tertiary/aromatic N) is 1. The Labute approximate surface area is 203 Å². The summed E-state index contributed by atoms with van der Waals surface area (Å²) in [7, 11) is 0. The maximum atomic E-state index is 13.1. The molecule has 1 heterocycles. The largest absolute Gasteiger partial charge is 0.371 e. The molecule has 1 aliphatic rings. The topological polar surface area (TPSA) is 61.4 Å². The molecule has 0 aromatic heterocycles. The van der Waals surface area contributed by atoms with Crippen LogP contribution in [0, 0.1) is 0 Å². The van der Waals surface area contributed by atoms with Gasteiger partial charge in [-0.15, -0.1) is 0 Å². The van der Waals surface area contributed by atoms with Gasteiger partial charge in [0.15, 0.2) is 0 Å². The molecule has 0 unspecified atom stereocenters. The smallest absolute Gasteiger partial charge is 0.255 e. The SMILES string of the molecule is O=C(Nc1ccc(N2CCCC2)c(C(=O)NCCc2ccccc2)c1)c1cc(Cl)cc(Cl)c1. The van der Waals surface area contributed by atoms with Crippen LogP contribution in [0.4, 0.5) is 11.4 Å². The Balaban J connectivity index is 1.52. The van der Waals surface area contributed by atoms with E-state index >= 15 is 0 Å². The molecule has 7 heteroatoms. The third kappa shape index (κ3) is 6.06. The lowest BCUT2D eigenvalue weighted by molar-refractivity contribution is 0.0953. The average molecular weight is 482 g/mol. The molecule has 2 N–H and O–H groups in total. The maximum Gasteiger partial charge on any atom is 0.255 e. The van der Waals surface area contributed by atoms with Gasteiger partial charge in [0.05, 0.1) is 5.56 Å². The molecule has 5 nitrogen and oxygen atoms in total. The molecule has 1 aliphatic heterocycles. The molecule has 4 rings (SSSR count). The summed E-state index contributed by atoms with van der Waals surface area (Å²) in [4.78, 5) is 28.1. The minimum atomic E-state index is -0.344. The van der Waals surface area contributed by atoms with E-state index in [0.29, 0.717) is 33.4 Å². The van der Waals surface area contributed by atoms with Gasteiger partial charge in [0, 0.05) is 46.6 Å². The van der Waals surface area contributed by atoms with E-state index < -0.39 is 0 Å². The Morgan fingerprint density at radius 1 is 0.848 bits per heavy atom. The highest BCUT2D eigenvalue weighted by Crippen LogP contribution is 2.28. The highest BCUT2D eigenvalue weighted by atomic mass is 35.5. The number of halogens is 2. The van der Waals surface area contributed by atoms with Gasteiger partial charge in [-0.05, 0) is 61.2 Å². The van der Waals surface area contributed by atoms with Crippen LogP contribution in [0.15, 0.2) is 66.7 Å². The summed E-state index contributed by atoms with van der Waals surface area (Å²) in [6.07, 6.45) is 2.95. The number of hydrogen-bond acceptors (Lipinski definition) is 3. The van der Waals surface area contributed by atoms with Gasteiger partial charge in [-0.25, -0.2) is 0 Å². The van der Waals surface area contributed by atoms with Gasteiger partial charge in [0.25, 0.3) is 11.8 Å². The first kappa shape index (κ1) is 23.1. The van der Waals surface area contributed by atoms with Crippen molar-refractivity contribution in [2.24, 2.45) is 0 Å². The van der Waals surface area contributed by atoms with Gasteiger partial charge in [0.2, 0.25) is 0 Å². The summed E-state index contributed by atoms with van der Waals surface area (Å²) in [5.41, 5.74) is 3.48. The van der Waals surface area contributed by atoms with Gasteiger partial charge in [0.1, 0.15) is 0 Å². The average Bonchev–Trinajstić information content (AvgIpc) is 3.34. The van der Waals surface area contributed by atoms with E-state index in [4.69, 9.17) is 23.2 Å². The van der Waals surface area contributed by atoms with Gasteiger partial charge < -0.3 is 15.5 Å². The van der Waals surface area contributed by atoms with Gasteiger partial charge in [-0.2, -0.15) is 0 Å². The number of amides is 2. The van der Waals surface area contributed by atoms with Crippen molar-refractivity contribution in [3.63, 3.8) is 0 Å². The fourth-order valence-corrected chi connectivity index (χ4v) is 4.50. The second-order valence-electron chi connectivity index (χ2n) is 8.03. The molecular weight excluding hydrogens is 457 g/mol. The molecule has 0 saturated carbocycles. The van der Waals surface area contributed by atoms with Crippen LogP contribution in [0.3, 0.4) is 0 Å². The minimum absolute atomic E-state index is 0.158. The standard InChI is InChI=1S/C26H25Cl2N3O2/c27-20-14-19(15-21(28)16-20)25(32)30-22-8-9-24(31-12-4-5-13-31)23(17-22)26(33)29-11-10-18-6-2-1-3-7-18/h1-3,6-9,14-17H,4-5,10-13H2,(H,29,33)(H,30,32). The molecule has 0 atom stereocenters. The molecule has 1 fully saturated rings. The Kier molecular flexibility index (Phi) is 7.53. The first-order valence-electron chi connectivity index (χ1n) is 11.0. The van der Waals surface area contributed by atoms with E-state index in [1.165, 1.54) is 5.56 Å². The summed E-state index contributed by atoms with van der Waals surface area (Å²) in [6.45, 7) is 2.36. The number of carbonyl (C=O) groups excluding carboxylic acids is 2. The van der Waals surface area contributed by atoms with Crippen molar-refractivity contribution < 1.29 is 9.59 Å². The van der Waals surface area contributed by atoms with Crippen LogP contribution in [0.25, 0.3) is 0 Å². The van der Waals surface area contributed by atoms with Crippen molar-refractivity contribution in [2.75, 3.05) is 29.9 Å². The summed E-state index contributed by atoms with van der Waals surface area (Å²) in [5, 5.41) is 6.65. The van der Waals surface area contributed by atoms with Gasteiger partial charge in [-0.1, -0.05) is 53.5 Å². The number of anilines is 2. The molecule has 0 aliphatic carbocycles. The Hall–Kier alpha value is -3.02. The maximum absolute atomic E-state index is 13.1. The minimum Gasteiger partial charge on any atom is -0.371 e. The summed E-state index contributed by atoms with van der Waals surface area (Å²) in [6, 6.07) is 20.2. The van der Waals surface area contributed by atoms with Crippen LogP contribution in [-0.4, -0.2) is 31.4 Å². The first-order valence-corrected chi connectivity index (χ1v) is 11.7. The van der Waals surface area contributed by atoms with Crippen molar-refractivity contribution in [3.05, 3.63) is 93.5 Å². The van der Waals surface area contributed by atoms with E-state index in [0.717, 1.165) is 38.0 Å². The van der Waals surface area contributed by atoms with Crippen LogP contribution < -0.4 is 15.5 Å². The number of rotatable bonds is 7. The van der Waals surface area contributed by atoms with Crippen molar-refractivity contribution >= 4 is 46.4 Å². The molecule has 1 saturated heterocycles. The summed E-state index contributed by atoms with van der Waals surface area (Å²) >= 11 is 12.1. The van der Waals surface area contributed by atoms with Crippen molar-refractivity contribution in [3.8, 4) is 0 Å². The molecule has 0 bridgehead atoms. The fraction of sp³-hybridized carbons (Fsp3) is 0.231. The summed E-state index contributed by atoms with van der Waals surface area (Å²) < 4.78 is 0. The number of hydrogen-bond donors (Lipinski definition) is 2. The predicted octanol–water partition coefficient (Wildman–Crippen LogP) is 5.82. The third-order valence-corrected chi connectivity index (χ3v) is 6.05. The molecule has 0 spiro atoms. The molecule has 0 radical (unpaired) electrons. The zero-order valence-electron chi connectivity index (χ0n) is 18.1. The third-order valence-electron chi connectivity index (χ3n) is 5.61. The lowest BCUT2D eigenvalue weighted by atomic mass is 10.1. The molecule has 2 amide bonds.